The lowest BCUT2D eigenvalue weighted by Crippen LogP contribution is -1.90. The van der Waals surface area contributed by atoms with Gasteiger partial charge in [0, 0.05) is 9.90 Å². The lowest BCUT2D eigenvalue weighted by molar-refractivity contribution is 0.0699. The summed E-state index contributed by atoms with van der Waals surface area (Å²) in [4.78, 5) is 11.4. The summed E-state index contributed by atoms with van der Waals surface area (Å²) in [7, 11) is 0. The van der Waals surface area contributed by atoms with E-state index in [1.54, 1.807) is 18.2 Å². The molecule has 16 heavy (non-hydrogen) atoms. The summed E-state index contributed by atoms with van der Waals surface area (Å²) in [6, 6.07) is 8.46. The van der Waals surface area contributed by atoms with Crippen LogP contribution in [0.4, 0.5) is 0 Å². The van der Waals surface area contributed by atoms with Crippen LogP contribution in [0.2, 0.25) is 5.02 Å². The molecule has 0 atom stereocenters. The Morgan fingerprint density at radius 2 is 2.06 bits per heavy atom. The van der Waals surface area contributed by atoms with Crippen molar-refractivity contribution in [3.63, 3.8) is 0 Å². The smallest absolute Gasteiger partial charge is 0.349 e. The molecule has 0 aliphatic heterocycles. The minimum atomic E-state index is -1.13. The molecule has 0 spiro atoms. The number of benzene rings is 1. The van der Waals surface area contributed by atoms with E-state index in [4.69, 9.17) is 16.7 Å². The molecule has 1 heterocycles. The fourth-order valence-electron chi connectivity index (χ4n) is 1.32. The highest BCUT2D eigenvalue weighted by Crippen LogP contribution is 2.36. The van der Waals surface area contributed by atoms with E-state index < -0.39 is 5.97 Å². The largest absolute Gasteiger partial charge is 0.506 e. The van der Waals surface area contributed by atoms with Crippen LogP contribution in [0.3, 0.4) is 0 Å². The highest BCUT2D eigenvalue weighted by molar-refractivity contribution is 7.17. The number of hydrogen-bond donors (Lipinski definition) is 2. The molecule has 0 radical (unpaired) electrons. The van der Waals surface area contributed by atoms with Crippen molar-refractivity contribution in [2.45, 2.75) is 0 Å². The van der Waals surface area contributed by atoms with Gasteiger partial charge in [0.05, 0.1) is 0 Å². The quantitative estimate of drug-likeness (QED) is 0.863. The van der Waals surface area contributed by atoms with Gasteiger partial charge in [-0.3, -0.25) is 0 Å². The second-order valence-electron chi connectivity index (χ2n) is 3.14. The van der Waals surface area contributed by atoms with Gasteiger partial charge >= 0.3 is 5.97 Å². The van der Waals surface area contributed by atoms with Gasteiger partial charge in [0.15, 0.2) is 4.88 Å². The topological polar surface area (TPSA) is 57.5 Å². The zero-order valence-electron chi connectivity index (χ0n) is 7.98. The molecule has 1 aromatic heterocycles. The van der Waals surface area contributed by atoms with E-state index in [-0.39, 0.29) is 10.6 Å². The van der Waals surface area contributed by atoms with Crippen LogP contribution in [0.5, 0.6) is 5.75 Å². The maximum absolute atomic E-state index is 10.8. The van der Waals surface area contributed by atoms with Crippen molar-refractivity contribution in [2.24, 2.45) is 0 Å². The Bertz CT molecular complexity index is 548. The molecule has 2 rings (SSSR count). The minimum absolute atomic E-state index is 0.0602. The Labute approximate surface area is 101 Å². The second kappa shape index (κ2) is 4.15. The van der Waals surface area contributed by atoms with Gasteiger partial charge in [-0.25, -0.2) is 4.79 Å². The van der Waals surface area contributed by atoms with Crippen molar-refractivity contribution in [1.29, 1.82) is 0 Å². The molecule has 3 nitrogen and oxygen atoms in total. The van der Waals surface area contributed by atoms with E-state index >= 15 is 0 Å². The Morgan fingerprint density at radius 1 is 1.31 bits per heavy atom. The van der Waals surface area contributed by atoms with Crippen LogP contribution in [0.1, 0.15) is 9.67 Å². The fraction of sp³-hybridized carbons (Fsp3) is 0. The molecule has 2 N–H and O–H groups in total. The van der Waals surface area contributed by atoms with Gasteiger partial charge in [-0.15, -0.1) is 11.3 Å². The SMILES string of the molecule is O=C(O)c1sc(-c2cccc(Cl)c2)cc1O. The third kappa shape index (κ3) is 2.03. The summed E-state index contributed by atoms with van der Waals surface area (Å²) in [6.45, 7) is 0. The minimum Gasteiger partial charge on any atom is -0.506 e. The van der Waals surface area contributed by atoms with Gasteiger partial charge in [-0.1, -0.05) is 23.7 Å². The van der Waals surface area contributed by atoms with E-state index in [0.717, 1.165) is 16.9 Å². The first-order chi connectivity index (χ1) is 7.58. The number of thiophene rings is 1. The van der Waals surface area contributed by atoms with Crippen molar-refractivity contribution < 1.29 is 15.0 Å². The summed E-state index contributed by atoms with van der Waals surface area (Å²) in [5, 5.41) is 18.8. The Kier molecular flexibility index (Phi) is 2.85. The lowest BCUT2D eigenvalue weighted by atomic mass is 10.2. The van der Waals surface area contributed by atoms with Gasteiger partial charge < -0.3 is 10.2 Å². The molecule has 0 aliphatic carbocycles. The van der Waals surface area contributed by atoms with E-state index in [1.165, 1.54) is 6.07 Å². The molecular formula is C11H7ClO3S. The third-order valence-corrected chi connectivity index (χ3v) is 3.41. The molecule has 0 aliphatic rings. The molecule has 0 saturated heterocycles. The number of rotatable bonds is 2. The first kappa shape index (κ1) is 11.0. The monoisotopic (exact) mass is 254 g/mol. The number of aromatic carboxylic acids is 1. The fourth-order valence-corrected chi connectivity index (χ4v) is 2.40. The summed E-state index contributed by atoms with van der Waals surface area (Å²) >= 11 is 6.85. The maximum atomic E-state index is 10.8. The molecule has 0 saturated carbocycles. The maximum Gasteiger partial charge on any atom is 0.349 e. The average Bonchev–Trinajstić information content (AvgIpc) is 2.60. The standard InChI is InChI=1S/C11H7ClO3S/c12-7-3-1-2-6(4-7)9-5-8(13)10(16-9)11(14)15/h1-5,13H,(H,14,15). The van der Waals surface area contributed by atoms with Crippen LogP contribution < -0.4 is 0 Å². The number of carboxylic acid groups (broad SMARTS) is 1. The molecule has 0 bridgehead atoms. The number of carbonyl (C=O) groups is 1. The van der Waals surface area contributed by atoms with Gasteiger partial charge in [-0.2, -0.15) is 0 Å². The molecular weight excluding hydrogens is 248 g/mol. The zero-order valence-corrected chi connectivity index (χ0v) is 9.55. The summed E-state index contributed by atoms with van der Waals surface area (Å²) < 4.78 is 0. The molecule has 0 unspecified atom stereocenters. The van der Waals surface area contributed by atoms with Crippen molar-refractivity contribution in [3.8, 4) is 16.2 Å². The van der Waals surface area contributed by atoms with Crippen molar-refractivity contribution in [2.75, 3.05) is 0 Å². The van der Waals surface area contributed by atoms with Crippen LogP contribution in [0.25, 0.3) is 10.4 Å². The van der Waals surface area contributed by atoms with Crippen molar-refractivity contribution in [3.05, 3.63) is 40.2 Å². The highest BCUT2D eigenvalue weighted by Gasteiger charge is 2.15. The molecule has 2 aromatic rings. The van der Waals surface area contributed by atoms with Crippen LogP contribution in [0.15, 0.2) is 30.3 Å². The Hall–Kier alpha value is -1.52. The molecule has 0 fully saturated rings. The number of halogens is 1. The average molecular weight is 255 g/mol. The van der Waals surface area contributed by atoms with Crippen LogP contribution in [-0.4, -0.2) is 16.2 Å². The predicted molar refractivity (Wildman–Crippen MR) is 63.4 cm³/mol. The predicted octanol–water partition coefficient (Wildman–Crippen LogP) is 3.47. The second-order valence-corrected chi connectivity index (χ2v) is 4.63. The summed E-state index contributed by atoms with van der Waals surface area (Å²) in [5.41, 5.74) is 0.792. The highest BCUT2D eigenvalue weighted by atomic mass is 35.5. The number of hydrogen-bond acceptors (Lipinski definition) is 3. The van der Waals surface area contributed by atoms with E-state index in [0.29, 0.717) is 9.90 Å². The molecule has 5 heteroatoms. The van der Waals surface area contributed by atoms with Crippen LogP contribution in [-0.2, 0) is 0 Å². The lowest BCUT2D eigenvalue weighted by Gasteiger charge is -1.96. The molecule has 0 amide bonds. The molecule has 82 valence electrons. The van der Waals surface area contributed by atoms with Crippen molar-refractivity contribution >= 4 is 28.9 Å². The zero-order chi connectivity index (χ0) is 11.7. The first-order valence-corrected chi connectivity index (χ1v) is 5.59. The van der Waals surface area contributed by atoms with Crippen molar-refractivity contribution in [1.82, 2.24) is 0 Å². The van der Waals surface area contributed by atoms with Gasteiger partial charge in [0.25, 0.3) is 0 Å². The van der Waals surface area contributed by atoms with Crippen LogP contribution in [0, 0.1) is 0 Å². The van der Waals surface area contributed by atoms with E-state index in [9.17, 15) is 9.90 Å². The van der Waals surface area contributed by atoms with E-state index in [1.807, 2.05) is 6.07 Å². The van der Waals surface area contributed by atoms with Gasteiger partial charge in [0.1, 0.15) is 5.75 Å². The number of aromatic hydroxyl groups is 1. The molecule has 1 aromatic carbocycles. The van der Waals surface area contributed by atoms with E-state index in [2.05, 4.69) is 0 Å². The third-order valence-electron chi connectivity index (χ3n) is 2.02. The first-order valence-electron chi connectivity index (χ1n) is 4.40. The Balaban J connectivity index is 2.49. The van der Waals surface area contributed by atoms with Gasteiger partial charge in [-0.05, 0) is 23.8 Å². The summed E-state index contributed by atoms with van der Waals surface area (Å²) in [5.74, 6) is -1.34. The van der Waals surface area contributed by atoms with Gasteiger partial charge in [0.2, 0.25) is 0 Å². The summed E-state index contributed by atoms with van der Waals surface area (Å²) in [6.07, 6.45) is 0. The van der Waals surface area contributed by atoms with Crippen LogP contribution >= 0.6 is 22.9 Å². The Morgan fingerprint density at radius 3 is 2.62 bits per heavy atom. The number of carboxylic acids is 1. The normalized spacial score (nSPS) is 10.3.